The summed E-state index contributed by atoms with van der Waals surface area (Å²) >= 11 is 0. The maximum absolute atomic E-state index is 12.7. The van der Waals surface area contributed by atoms with Crippen molar-refractivity contribution in [2.24, 2.45) is 5.73 Å². The quantitative estimate of drug-likeness (QED) is 0.829. The number of hydrogen-bond donors (Lipinski definition) is 1. The van der Waals surface area contributed by atoms with Crippen LogP contribution in [0.4, 0.5) is 0 Å². The predicted octanol–water partition coefficient (Wildman–Crippen LogP) is 2.96. The van der Waals surface area contributed by atoms with Gasteiger partial charge < -0.3 is 15.4 Å². The second-order valence-corrected chi connectivity index (χ2v) is 6.70. The first kappa shape index (κ1) is 19.2. The molecule has 1 aliphatic carbocycles. The number of ether oxygens (including phenoxy) is 1. The van der Waals surface area contributed by atoms with Crippen molar-refractivity contribution in [2.75, 3.05) is 26.2 Å². The number of halogens is 1. The van der Waals surface area contributed by atoms with Gasteiger partial charge in [-0.2, -0.15) is 0 Å². The minimum atomic E-state index is 0. The normalized spacial score (nSPS) is 18.0. The van der Waals surface area contributed by atoms with Crippen molar-refractivity contribution in [1.29, 1.82) is 0 Å². The number of fused-ring (bicyclic) bond motifs is 1. The number of carbonyl (C=O) groups excluding carboxylic acids is 1. The van der Waals surface area contributed by atoms with E-state index in [-0.39, 0.29) is 24.4 Å². The highest BCUT2D eigenvalue weighted by molar-refractivity contribution is 5.94. The van der Waals surface area contributed by atoms with Crippen molar-refractivity contribution in [2.45, 2.75) is 51.0 Å². The van der Waals surface area contributed by atoms with Crippen LogP contribution in [0.3, 0.4) is 0 Å². The van der Waals surface area contributed by atoms with Crippen LogP contribution < -0.4 is 5.73 Å². The first-order valence-corrected chi connectivity index (χ1v) is 9.00. The Morgan fingerprint density at radius 3 is 2.58 bits per heavy atom. The Balaban J connectivity index is 0.00000208. The summed E-state index contributed by atoms with van der Waals surface area (Å²) in [6.45, 7) is 3.00. The third kappa shape index (κ3) is 4.71. The topological polar surface area (TPSA) is 55.6 Å². The molecule has 1 saturated heterocycles. The number of amides is 1. The molecule has 1 aromatic rings. The molecule has 0 atom stereocenters. The van der Waals surface area contributed by atoms with E-state index in [1.54, 1.807) is 0 Å². The number of nitrogens with zero attached hydrogens (tertiary/aromatic N) is 1. The standard InChI is InChI=1S/C19H28N2O2.ClH/c20-10-3-13-23-18-8-11-21(12-9-18)19(22)17-7-6-15-4-1-2-5-16(15)14-17;/h6-7,14,18H,1-5,8-13,20H2;1H. The van der Waals surface area contributed by atoms with Gasteiger partial charge in [-0.15, -0.1) is 12.4 Å². The van der Waals surface area contributed by atoms with Crippen LogP contribution in [0.15, 0.2) is 18.2 Å². The number of likely N-dealkylation sites (tertiary alicyclic amines) is 1. The summed E-state index contributed by atoms with van der Waals surface area (Å²) in [5, 5.41) is 0. The Hall–Kier alpha value is -1.10. The molecule has 0 aromatic heterocycles. The Kier molecular flexibility index (Phi) is 7.53. The highest BCUT2D eigenvalue weighted by Gasteiger charge is 2.24. The maximum atomic E-state index is 12.7. The summed E-state index contributed by atoms with van der Waals surface area (Å²) in [5.41, 5.74) is 9.15. The van der Waals surface area contributed by atoms with Crippen LogP contribution in [0, 0.1) is 0 Å². The lowest BCUT2D eigenvalue weighted by molar-refractivity contribution is 0.00844. The van der Waals surface area contributed by atoms with E-state index in [9.17, 15) is 4.79 Å². The van der Waals surface area contributed by atoms with Gasteiger partial charge in [0.1, 0.15) is 0 Å². The number of rotatable bonds is 5. The second kappa shape index (κ2) is 9.40. The number of hydrogen-bond acceptors (Lipinski definition) is 3. The number of aryl methyl sites for hydroxylation is 2. The van der Waals surface area contributed by atoms with E-state index in [1.807, 2.05) is 11.0 Å². The van der Waals surface area contributed by atoms with Crippen molar-refractivity contribution in [3.63, 3.8) is 0 Å². The molecule has 4 nitrogen and oxygen atoms in total. The van der Waals surface area contributed by atoms with Crippen LogP contribution >= 0.6 is 12.4 Å². The Morgan fingerprint density at radius 1 is 1.17 bits per heavy atom. The molecule has 2 aliphatic rings. The van der Waals surface area contributed by atoms with Crippen molar-refractivity contribution in [1.82, 2.24) is 4.90 Å². The van der Waals surface area contributed by atoms with E-state index < -0.39 is 0 Å². The summed E-state index contributed by atoms with van der Waals surface area (Å²) in [4.78, 5) is 14.7. The molecule has 134 valence electrons. The zero-order valence-corrected chi connectivity index (χ0v) is 15.2. The summed E-state index contributed by atoms with van der Waals surface area (Å²) < 4.78 is 5.81. The monoisotopic (exact) mass is 352 g/mol. The van der Waals surface area contributed by atoms with Gasteiger partial charge in [-0.3, -0.25) is 4.79 Å². The summed E-state index contributed by atoms with van der Waals surface area (Å²) in [6, 6.07) is 6.29. The van der Waals surface area contributed by atoms with E-state index in [2.05, 4.69) is 12.1 Å². The molecule has 0 unspecified atom stereocenters. The minimum absolute atomic E-state index is 0. The maximum Gasteiger partial charge on any atom is 0.253 e. The van der Waals surface area contributed by atoms with E-state index in [0.717, 1.165) is 57.4 Å². The van der Waals surface area contributed by atoms with Gasteiger partial charge in [0.05, 0.1) is 6.10 Å². The minimum Gasteiger partial charge on any atom is -0.378 e. The number of carbonyl (C=O) groups is 1. The zero-order valence-electron chi connectivity index (χ0n) is 14.3. The molecule has 0 spiro atoms. The average Bonchev–Trinajstić information content (AvgIpc) is 2.61. The summed E-state index contributed by atoms with van der Waals surface area (Å²) in [5.74, 6) is 0.179. The molecule has 1 heterocycles. The van der Waals surface area contributed by atoms with Gasteiger partial charge >= 0.3 is 0 Å². The molecule has 1 aromatic carbocycles. The van der Waals surface area contributed by atoms with Gasteiger partial charge in [0.15, 0.2) is 0 Å². The Bertz CT molecular complexity index is 542. The molecule has 3 rings (SSSR count). The average molecular weight is 353 g/mol. The summed E-state index contributed by atoms with van der Waals surface area (Å²) in [7, 11) is 0. The SMILES string of the molecule is Cl.NCCCOC1CCN(C(=O)c2ccc3c(c2)CCCC3)CC1. The first-order chi connectivity index (χ1) is 11.3. The first-order valence-electron chi connectivity index (χ1n) is 9.00. The van der Waals surface area contributed by atoms with Gasteiger partial charge in [-0.1, -0.05) is 6.07 Å². The van der Waals surface area contributed by atoms with Crippen molar-refractivity contribution in [3.8, 4) is 0 Å². The third-order valence-corrected chi connectivity index (χ3v) is 5.03. The molecule has 0 bridgehead atoms. The molecule has 1 aliphatic heterocycles. The van der Waals surface area contributed by atoms with Gasteiger partial charge in [0.2, 0.25) is 0 Å². The fourth-order valence-corrected chi connectivity index (χ4v) is 3.61. The van der Waals surface area contributed by atoms with Crippen LogP contribution in [0.1, 0.15) is 53.6 Å². The molecule has 5 heteroatoms. The number of nitrogens with two attached hydrogens (primary N) is 1. The molecular weight excluding hydrogens is 324 g/mol. The predicted molar refractivity (Wildman–Crippen MR) is 98.9 cm³/mol. The third-order valence-electron chi connectivity index (χ3n) is 5.03. The largest absolute Gasteiger partial charge is 0.378 e. The van der Waals surface area contributed by atoms with Gasteiger partial charge in [0, 0.05) is 25.3 Å². The highest BCUT2D eigenvalue weighted by Crippen LogP contribution is 2.24. The van der Waals surface area contributed by atoms with Crippen LogP contribution in [0.5, 0.6) is 0 Å². The molecule has 24 heavy (non-hydrogen) atoms. The molecule has 1 amide bonds. The number of piperidine rings is 1. The fraction of sp³-hybridized carbons (Fsp3) is 0.632. The Labute approximate surface area is 151 Å². The van der Waals surface area contributed by atoms with Crippen molar-refractivity contribution >= 4 is 18.3 Å². The van der Waals surface area contributed by atoms with Crippen LogP contribution in [-0.4, -0.2) is 43.2 Å². The molecular formula is C19H29ClN2O2. The smallest absolute Gasteiger partial charge is 0.253 e. The van der Waals surface area contributed by atoms with Crippen LogP contribution in [0.25, 0.3) is 0 Å². The van der Waals surface area contributed by atoms with Gasteiger partial charge in [-0.25, -0.2) is 0 Å². The number of benzene rings is 1. The molecule has 1 fully saturated rings. The lowest BCUT2D eigenvalue weighted by Gasteiger charge is -2.32. The molecule has 0 saturated carbocycles. The van der Waals surface area contributed by atoms with E-state index in [1.165, 1.54) is 24.0 Å². The van der Waals surface area contributed by atoms with Gasteiger partial charge in [-0.05, 0) is 74.8 Å². The fourth-order valence-electron chi connectivity index (χ4n) is 3.61. The zero-order chi connectivity index (χ0) is 16.1. The van der Waals surface area contributed by atoms with E-state index in [4.69, 9.17) is 10.5 Å². The second-order valence-electron chi connectivity index (χ2n) is 6.70. The van der Waals surface area contributed by atoms with Gasteiger partial charge in [0.25, 0.3) is 5.91 Å². The molecule has 0 radical (unpaired) electrons. The highest BCUT2D eigenvalue weighted by atomic mass is 35.5. The van der Waals surface area contributed by atoms with E-state index >= 15 is 0 Å². The van der Waals surface area contributed by atoms with Crippen LogP contribution in [0.2, 0.25) is 0 Å². The van der Waals surface area contributed by atoms with Crippen LogP contribution in [-0.2, 0) is 17.6 Å². The summed E-state index contributed by atoms with van der Waals surface area (Å²) in [6.07, 6.45) is 7.86. The lowest BCUT2D eigenvalue weighted by Crippen LogP contribution is -2.41. The van der Waals surface area contributed by atoms with Crippen molar-refractivity contribution in [3.05, 3.63) is 34.9 Å². The molecule has 2 N–H and O–H groups in total. The van der Waals surface area contributed by atoms with Crippen molar-refractivity contribution < 1.29 is 9.53 Å². The Morgan fingerprint density at radius 2 is 1.88 bits per heavy atom. The lowest BCUT2D eigenvalue weighted by atomic mass is 9.90. The van der Waals surface area contributed by atoms with E-state index in [0.29, 0.717) is 6.54 Å².